The summed E-state index contributed by atoms with van der Waals surface area (Å²) in [6, 6.07) is 3.70. The van der Waals surface area contributed by atoms with Gasteiger partial charge in [-0.2, -0.15) is 5.26 Å². The highest BCUT2D eigenvalue weighted by Gasteiger charge is 2.02. The van der Waals surface area contributed by atoms with Crippen molar-refractivity contribution >= 4 is 17.4 Å². The van der Waals surface area contributed by atoms with Crippen molar-refractivity contribution in [1.82, 2.24) is 10.3 Å². The first-order valence-corrected chi connectivity index (χ1v) is 4.99. The molecule has 0 aromatic carbocycles. The van der Waals surface area contributed by atoms with Crippen molar-refractivity contribution in [3.05, 3.63) is 24.5 Å². The molecule has 1 unspecified atom stereocenters. The molecule has 0 aliphatic heterocycles. The number of aromatic nitrogens is 1. The smallest absolute Gasteiger partial charge is 0.178 e. The quantitative estimate of drug-likeness (QED) is 0.428. The number of anilines is 1. The van der Waals surface area contributed by atoms with Gasteiger partial charge in [0.25, 0.3) is 0 Å². The summed E-state index contributed by atoms with van der Waals surface area (Å²) < 4.78 is 0. The summed E-state index contributed by atoms with van der Waals surface area (Å²) in [6.45, 7) is 0. The van der Waals surface area contributed by atoms with Crippen LogP contribution in [0.5, 0.6) is 0 Å². The number of pyridine rings is 1. The van der Waals surface area contributed by atoms with Crippen LogP contribution in [0.1, 0.15) is 0 Å². The zero-order valence-corrected chi connectivity index (χ0v) is 8.01. The molecule has 0 amide bonds. The SMILES string of the molecule is CSC(NC#N)Nc1ccncc1. The van der Waals surface area contributed by atoms with Crippen LogP contribution in [-0.2, 0) is 0 Å². The van der Waals surface area contributed by atoms with Gasteiger partial charge in [0, 0.05) is 18.1 Å². The number of nitriles is 1. The van der Waals surface area contributed by atoms with E-state index in [1.54, 1.807) is 12.4 Å². The minimum absolute atomic E-state index is 0.0904. The maximum atomic E-state index is 8.42. The van der Waals surface area contributed by atoms with Gasteiger partial charge in [-0.05, 0) is 18.4 Å². The highest BCUT2D eigenvalue weighted by molar-refractivity contribution is 7.99. The van der Waals surface area contributed by atoms with E-state index in [9.17, 15) is 0 Å². The molecular formula is C8H10N4S. The third-order valence-corrected chi connectivity index (χ3v) is 2.12. The molecule has 4 nitrogen and oxygen atoms in total. The number of rotatable bonds is 4. The van der Waals surface area contributed by atoms with Crippen LogP contribution in [0.25, 0.3) is 0 Å². The zero-order valence-electron chi connectivity index (χ0n) is 7.19. The predicted molar refractivity (Wildman–Crippen MR) is 53.9 cm³/mol. The van der Waals surface area contributed by atoms with Crippen molar-refractivity contribution in [2.24, 2.45) is 0 Å². The second kappa shape index (κ2) is 5.27. The van der Waals surface area contributed by atoms with E-state index in [1.165, 1.54) is 11.8 Å². The molecule has 1 aromatic rings. The third-order valence-electron chi connectivity index (χ3n) is 1.41. The van der Waals surface area contributed by atoms with E-state index in [4.69, 9.17) is 5.26 Å². The molecule has 1 aromatic heterocycles. The number of hydrogen-bond acceptors (Lipinski definition) is 5. The van der Waals surface area contributed by atoms with Crippen LogP contribution >= 0.6 is 11.8 Å². The first-order chi connectivity index (χ1) is 6.36. The Labute approximate surface area is 81.4 Å². The van der Waals surface area contributed by atoms with Crippen LogP contribution < -0.4 is 10.6 Å². The van der Waals surface area contributed by atoms with Crippen LogP contribution in [-0.4, -0.2) is 16.7 Å². The Morgan fingerprint density at radius 3 is 2.77 bits per heavy atom. The monoisotopic (exact) mass is 194 g/mol. The third kappa shape index (κ3) is 3.22. The lowest BCUT2D eigenvalue weighted by Crippen LogP contribution is -2.29. The lowest BCUT2D eigenvalue weighted by atomic mass is 10.4. The molecule has 0 spiro atoms. The van der Waals surface area contributed by atoms with Crippen molar-refractivity contribution in [1.29, 1.82) is 5.26 Å². The van der Waals surface area contributed by atoms with Crippen molar-refractivity contribution in [2.45, 2.75) is 5.50 Å². The second-order valence-electron chi connectivity index (χ2n) is 2.25. The lowest BCUT2D eigenvalue weighted by Gasteiger charge is -2.14. The molecule has 5 heteroatoms. The normalized spacial score (nSPS) is 11.4. The number of hydrogen-bond donors (Lipinski definition) is 2. The van der Waals surface area contributed by atoms with E-state index in [0.29, 0.717) is 0 Å². The second-order valence-corrected chi connectivity index (χ2v) is 3.19. The molecule has 0 radical (unpaired) electrons. The summed E-state index contributed by atoms with van der Waals surface area (Å²) in [5.74, 6) is 0. The average molecular weight is 194 g/mol. The predicted octanol–water partition coefficient (Wildman–Crippen LogP) is 1.21. The summed E-state index contributed by atoms with van der Waals surface area (Å²) >= 11 is 1.52. The van der Waals surface area contributed by atoms with E-state index in [1.807, 2.05) is 24.6 Å². The summed E-state index contributed by atoms with van der Waals surface area (Å²) in [5, 5.41) is 14.2. The van der Waals surface area contributed by atoms with Gasteiger partial charge in [0.2, 0.25) is 0 Å². The van der Waals surface area contributed by atoms with Crippen LogP contribution in [0.2, 0.25) is 0 Å². The topological polar surface area (TPSA) is 60.7 Å². The standard InChI is InChI=1S/C8H10N4S/c1-13-8(11-6-9)12-7-2-4-10-5-3-7/h2-5,8,11H,1H3,(H,10,12). The Kier molecular flexibility index (Phi) is 3.93. The Balaban J connectivity index is 2.53. The summed E-state index contributed by atoms with van der Waals surface area (Å²) in [6.07, 6.45) is 7.21. The molecule has 1 atom stereocenters. The van der Waals surface area contributed by atoms with Crippen molar-refractivity contribution in [2.75, 3.05) is 11.6 Å². The highest BCUT2D eigenvalue weighted by atomic mass is 32.2. The molecule has 13 heavy (non-hydrogen) atoms. The fraction of sp³-hybridized carbons (Fsp3) is 0.250. The lowest BCUT2D eigenvalue weighted by molar-refractivity contribution is 0.885. The molecule has 68 valence electrons. The summed E-state index contributed by atoms with van der Waals surface area (Å²) in [7, 11) is 0. The maximum Gasteiger partial charge on any atom is 0.178 e. The molecule has 1 heterocycles. The van der Waals surface area contributed by atoms with Crippen molar-refractivity contribution < 1.29 is 0 Å². The maximum absolute atomic E-state index is 8.42. The number of thioether (sulfide) groups is 1. The van der Waals surface area contributed by atoms with Crippen LogP contribution in [0.3, 0.4) is 0 Å². The van der Waals surface area contributed by atoms with E-state index in [-0.39, 0.29) is 5.50 Å². The molecule has 0 aliphatic rings. The van der Waals surface area contributed by atoms with Gasteiger partial charge in [-0.3, -0.25) is 10.3 Å². The van der Waals surface area contributed by atoms with Crippen molar-refractivity contribution in [3.8, 4) is 6.19 Å². The van der Waals surface area contributed by atoms with Gasteiger partial charge in [-0.1, -0.05) is 0 Å². The molecule has 0 saturated heterocycles. The van der Waals surface area contributed by atoms with Gasteiger partial charge >= 0.3 is 0 Å². The van der Waals surface area contributed by atoms with Crippen LogP contribution in [0.15, 0.2) is 24.5 Å². The molecule has 0 bridgehead atoms. The van der Waals surface area contributed by atoms with E-state index in [0.717, 1.165) is 5.69 Å². The fourth-order valence-corrected chi connectivity index (χ4v) is 1.24. The number of nitrogens with zero attached hydrogens (tertiary/aromatic N) is 2. The van der Waals surface area contributed by atoms with Gasteiger partial charge in [0.15, 0.2) is 11.7 Å². The van der Waals surface area contributed by atoms with Gasteiger partial charge < -0.3 is 5.32 Å². The Bertz CT molecular complexity index is 282. The first kappa shape index (κ1) is 9.68. The molecule has 1 rings (SSSR count). The minimum Gasteiger partial charge on any atom is -0.356 e. The molecule has 0 aliphatic carbocycles. The fourth-order valence-electron chi connectivity index (χ4n) is 0.812. The molecule has 0 saturated carbocycles. The van der Waals surface area contributed by atoms with E-state index in [2.05, 4.69) is 15.6 Å². The van der Waals surface area contributed by atoms with Crippen LogP contribution in [0, 0.1) is 11.5 Å². The Morgan fingerprint density at radius 1 is 1.54 bits per heavy atom. The summed E-state index contributed by atoms with van der Waals surface area (Å²) in [5.41, 5.74) is 0.851. The Hall–Kier alpha value is -1.41. The zero-order chi connectivity index (χ0) is 9.52. The van der Waals surface area contributed by atoms with E-state index >= 15 is 0 Å². The largest absolute Gasteiger partial charge is 0.356 e. The average Bonchev–Trinajstić information content (AvgIpc) is 2.19. The Morgan fingerprint density at radius 2 is 2.23 bits per heavy atom. The minimum atomic E-state index is -0.0904. The van der Waals surface area contributed by atoms with Gasteiger partial charge in [0.05, 0.1) is 0 Å². The van der Waals surface area contributed by atoms with Crippen LogP contribution in [0.4, 0.5) is 5.69 Å². The highest BCUT2D eigenvalue weighted by Crippen LogP contribution is 2.09. The molecule has 2 N–H and O–H groups in total. The van der Waals surface area contributed by atoms with Gasteiger partial charge in [-0.15, -0.1) is 11.8 Å². The van der Waals surface area contributed by atoms with Gasteiger partial charge in [-0.25, -0.2) is 0 Å². The van der Waals surface area contributed by atoms with Crippen molar-refractivity contribution in [3.63, 3.8) is 0 Å². The first-order valence-electron chi connectivity index (χ1n) is 3.71. The van der Waals surface area contributed by atoms with Gasteiger partial charge in [0.1, 0.15) is 0 Å². The molecular weight excluding hydrogens is 184 g/mol. The number of nitrogens with one attached hydrogen (secondary N) is 2. The molecule has 0 fully saturated rings. The van der Waals surface area contributed by atoms with E-state index < -0.39 is 0 Å². The summed E-state index contributed by atoms with van der Waals surface area (Å²) in [4.78, 5) is 3.89.